The molecule has 8 heteroatoms. The number of hydrogen-bond donors (Lipinski definition) is 2. The Morgan fingerprint density at radius 2 is 2.00 bits per heavy atom. The van der Waals surface area contributed by atoms with Crippen molar-refractivity contribution in [3.63, 3.8) is 0 Å². The molecule has 0 amide bonds. The number of phenols is 1. The van der Waals surface area contributed by atoms with E-state index >= 15 is 0 Å². The summed E-state index contributed by atoms with van der Waals surface area (Å²) in [4.78, 5) is 4.27. The Kier molecular flexibility index (Phi) is 3.47. The fourth-order valence-corrected chi connectivity index (χ4v) is 3.44. The molecule has 0 fully saturated rings. The predicted octanol–water partition coefficient (Wildman–Crippen LogP) is 3.42. The van der Waals surface area contributed by atoms with Crippen LogP contribution in [0, 0.1) is 0 Å². The van der Waals surface area contributed by atoms with Crippen molar-refractivity contribution in [3.8, 4) is 17.0 Å². The first-order valence-electron chi connectivity index (χ1n) is 7.80. The van der Waals surface area contributed by atoms with E-state index in [9.17, 15) is 18.3 Å². The Morgan fingerprint density at radius 1 is 1.24 bits per heavy atom. The molecule has 1 atom stereocenters. The lowest BCUT2D eigenvalue weighted by Gasteiger charge is -2.34. The molecule has 1 aliphatic heterocycles. The van der Waals surface area contributed by atoms with Gasteiger partial charge in [0.15, 0.2) is 5.65 Å². The smallest absolute Gasteiger partial charge is 0.408 e. The molecule has 0 bridgehead atoms. The number of aromatic nitrogens is 3. The molecule has 0 saturated carbocycles. The fourth-order valence-electron chi connectivity index (χ4n) is 3.44. The second kappa shape index (κ2) is 5.45. The number of nitrogens with one attached hydrogen (secondary N) is 1. The standard InChI is InChI=1S/C17H15F3N4O/c1-24-7-6-11-14(15(24)17(18,19)20)10-8-12(22-23-16(10)21-11)9-4-2-3-5-13(9)25/h2-5,8,15,25H,6-7H2,1H3,(H,21,23)/t15-/m0/s1. The van der Waals surface area contributed by atoms with Crippen LogP contribution in [0.15, 0.2) is 30.3 Å². The van der Waals surface area contributed by atoms with Gasteiger partial charge in [0.2, 0.25) is 0 Å². The van der Waals surface area contributed by atoms with E-state index in [-0.39, 0.29) is 11.3 Å². The van der Waals surface area contributed by atoms with Crippen LogP contribution < -0.4 is 0 Å². The minimum Gasteiger partial charge on any atom is -0.507 e. The van der Waals surface area contributed by atoms with Crippen molar-refractivity contribution in [3.05, 3.63) is 41.6 Å². The molecule has 3 aromatic rings. The summed E-state index contributed by atoms with van der Waals surface area (Å²) >= 11 is 0. The highest BCUT2D eigenvalue weighted by Gasteiger charge is 2.47. The average Bonchev–Trinajstić information content (AvgIpc) is 2.91. The van der Waals surface area contributed by atoms with Crippen molar-refractivity contribution >= 4 is 11.0 Å². The van der Waals surface area contributed by atoms with Crippen LogP contribution >= 0.6 is 0 Å². The van der Waals surface area contributed by atoms with Gasteiger partial charge in [0.25, 0.3) is 0 Å². The van der Waals surface area contributed by atoms with E-state index in [0.717, 1.165) is 0 Å². The first-order chi connectivity index (χ1) is 11.9. The first kappa shape index (κ1) is 15.9. The van der Waals surface area contributed by atoms with Crippen molar-refractivity contribution in [2.45, 2.75) is 18.6 Å². The van der Waals surface area contributed by atoms with Crippen LogP contribution in [0.2, 0.25) is 0 Å². The molecule has 0 radical (unpaired) electrons. The van der Waals surface area contributed by atoms with Gasteiger partial charge in [0.05, 0.1) is 5.69 Å². The summed E-state index contributed by atoms with van der Waals surface area (Å²) in [7, 11) is 1.47. The zero-order valence-corrected chi connectivity index (χ0v) is 13.3. The van der Waals surface area contributed by atoms with Gasteiger partial charge in [0, 0.05) is 35.2 Å². The topological polar surface area (TPSA) is 65.0 Å². The van der Waals surface area contributed by atoms with Crippen LogP contribution in [0.3, 0.4) is 0 Å². The molecule has 1 aromatic carbocycles. The van der Waals surface area contributed by atoms with E-state index < -0.39 is 12.2 Å². The molecular weight excluding hydrogens is 333 g/mol. The Hall–Kier alpha value is -2.61. The van der Waals surface area contributed by atoms with Crippen LogP contribution in [0.4, 0.5) is 13.2 Å². The number of phenolic OH excluding ortho intramolecular Hbond substituents is 1. The summed E-state index contributed by atoms with van der Waals surface area (Å²) in [6, 6.07) is 6.41. The van der Waals surface area contributed by atoms with Gasteiger partial charge in [-0.25, -0.2) is 0 Å². The van der Waals surface area contributed by atoms with Crippen molar-refractivity contribution in [1.29, 1.82) is 0 Å². The number of likely N-dealkylation sites (N-methyl/N-ethyl adjacent to an activating group) is 1. The molecule has 2 N–H and O–H groups in total. The third kappa shape index (κ3) is 2.53. The van der Waals surface area contributed by atoms with Gasteiger partial charge in [-0.05, 0) is 25.2 Å². The molecule has 0 saturated heterocycles. The van der Waals surface area contributed by atoms with E-state index in [0.29, 0.717) is 41.0 Å². The lowest BCUT2D eigenvalue weighted by atomic mass is 9.96. The molecule has 130 valence electrons. The van der Waals surface area contributed by atoms with Gasteiger partial charge in [-0.15, -0.1) is 10.2 Å². The second-order valence-corrected chi connectivity index (χ2v) is 6.20. The molecule has 2 aromatic heterocycles. The van der Waals surface area contributed by atoms with Crippen molar-refractivity contribution in [2.24, 2.45) is 0 Å². The molecule has 25 heavy (non-hydrogen) atoms. The lowest BCUT2D eigenvalue weighted by Crippen LogP contribution is -2.40. The van der Waals surface area contributed by atoms with E-state index in [2.05, 4.69) is 15.2 Å². The monoisotopic (exact) mass is 348 g/mol. The number of benzene rings is 1. The molecule has 0 aliphatic carbocycles. The van der Waals surface area contributed by atoms with Crippen LogP contribution in [-0.4, -0.2) is 45.0 Å². The molecular formula is C17H15F3N4O. The number of para-hydroxylation sites is 1. The molecule has 0 spiro atoms. The summed E-state index contributed by atoms with van der Waals surface area (Å²) in [6.07, 6.45) is -3.90. The van der Waals surface area contributed by atoms with Gasteiger partial charge in [-0.2, -0.15) is 13.2 Å². The van der Waals surface area contributed by atoms with E-state index in [4.69, 9.17) is 0 Å². The number of nitrogens with zero attached hydrogens (tertiary/aromatic N) is 3. The molecule has 0 unspecified atom stereocenters. The largest absolute Gasteiger partial charge is 0.507 e. The number of halogens is 3. The van der Waals surface area contributed by atoms with Crippen LogP contribution in [-0.2, 0) is 6.42 Å². The minimum absolute atomic E-state index is 0.00467. The number of fused-ring (bicyclic) bond motifs is 3. The fraction of sp³-hybridized carbons (Fsp3) is 0.294. The summed E-state index contributed by atoms with van der Waals surface area (Å²) in [6.45, 7) is 0.309. The lowest BCUT2D eigenvalue weighted by molar-refractivity contribution is -0.184. The second-order valence-electron chi connectivity index (χ2n) is 6.20. The van der Waals surface area contributed by atoms with E-state index in [1.165, 1.54) is 18.0 Å². The van der Waals surface area contributed by atoms with Crippen molar-refractivity contribution in [1.82, 2.24) is 20.1 Å². The quantitative estimate of drug-likeness (QED) is 0.707. The van der Waals surface area contributed by atoms with Gasteiger partial charge in [-0.1, -0.05) is 12.1 Å². The maximum absolute atomic E-state index is 13.6. The van der Waals surface area contributed by atoms with Crippen LogP contribution in [0.1, 0.15) is 17.3 Å². The van der Waals surface area contributed by atoms with Crippen molar-refractivity contribution < 1.29 is 18.3 Å². The van der Waals surface area contributed by atoms with Crippen LogP contribution in [0.5, 0.6) is 5.75 Å². The summed E-state index contributed by atoms with van der Waals surface area (Å²) in [5, 5.41) is 18.5. The minimum atomic E-state index is -4.39. The summed E-state index contributed by atoms with van der Waals surface area (Å²) in [5.74, 6) is 0.00467. The first-order valence-corrected chi connectivity index (χ1v) is 7.80. The maximum Gasteiger partial charge on any atom is 0.408 e. The summed E-state index contributed by atoms with van der Waals surface area (Å²) in [5.41, 5.74) is 1.83. The summed E-state index contributed by atoms with van der Waals surface area (Å²) < 4.78 is 40.9. The highest BCUT2D eigenvalue weighted by molar-refractivity contribution is 5.86. The van der Waals surface area contributed by atoms with Gasteiger partial charge >= 0.3 is 6.18 Å². The number of aromatic amines is 1. The zero-order chi connectivity index (χ0) is 17.8. The molecule has 4 rings (SSSR count). The molecule has 5 nitrogen and oxygen atoms in total. The number of H-pyrrole nitrogens is 1. The normalized spacial score (nSPS) is 18.5. The van der Waals surface area contributed by atoms with E-state index in [1.54, 1.807) is 24.3 Å². The Balaban J connectivity index is 1.95. The number of rotatable bonds is 1. The predicted molar refractivity (Wildman–Crippen MR) is 86.1 cm³/mol. The molecule has 1 aliphatic rings. The van der Waals surface area contributed by atoms with E-state index in [1.807, 2.05) is 0 Å². The molecule has 3 heterocycles. The SMILES string of the molecule is CN1CCc2[nH]c3nnc(-c4ccccc4O)cc3c2[C@H]1C(F)(F)F. The highest BCUT2D eigenvalue weighted by atomic mass is 19.4. The van der Waals surface area contributed by atoms with Gasteiger partial charge < -0.3 is 10.1 Å². The van der Waals surface area contributed by atoms with Crippen LogP contribution in [0.25, 0.3) is 22.3 Å². The Morgan fingerprint density at radius 3 is 2.72 bits per heavy atom. The van der Waals surface area contributed by atoms with Crippen molar-refractivity contribution in [2.75, 3.05) is 13.6 Å². The number of hydrogen-bond acceptors (Lipinski definition) is 4. The maximum atomic E-state index is 13.6. The highest BCUT2D eigenvalue weighted by Crippen LogP contribution is 2.44. The number of aromatic hydroxyl groups is 1. The van der Waals surface area contributed by atoms with Gasteiger partial charge in [-0.3, -0.25) is 4.90 Å². The van der Waals surface area contributed by atoms with Gasteiger partial charge in [0.1, 0.15) is 11.8 Å². The average molecular weight is 348 g/mol. The number of alkyl halides is 3. The third-order valence-corrected chi connectivity index (χ3v) is 4.60. The Labute approximate surface area is 141 Å². The Bertz CT molecular complexity index is 951. The zero-order valence-electron chi connectivity index (χ0n) is 13.3. The third-order valence-electron chi connectivity index (χ3n) is 4.60.